The average Bonchev–Trinajstić information content (AvgIpc) is 2.73. The Bertz CT molecular complexity index is 694. The monoisotopic (exact) mass is 338 g/mol. The number of ether oxygens (including phenoxy) is 1. The van der Waals surface area contributed by atoms with Gasteiger partial charge in [-0.15, -0.1) is 0 Å². The van der Waals surface area contributed by atoms with E-state index in [4.69, 9.17) is 4.74 Å². The molecule has 0 saturated carbocycles. The van der Waals surface area contributed by atoms with E-state index >= 15 is 0 Å². The highest BCUT2D eigenvalue weighted by Crippen LogP contribution is 2.36. The number of fused-ring (bicyclic) bond motifs is 3. The third kappa shape index (κ3) is 1.99. The van der Waals surface area contributed by atoms with Crippen molar-refractivity contribution < 1.29 is 14.6 Å². The van der Waals surface area contributed by atoms with Crippen molar-refractivity contribution in [3.05, 3.63) is 27.9 Å². The summed E-state index contributed by atoms with van der Waals surface area (Å²) < 4.78 is 7.78. The third-order valence-electron chi connectivity index (χ3n) is 3.57. The molecule has 0 fully saturated rings. The van der Waals surface area contributed by atoms with E-state index in [2.05, 4.69) is 21.2 Å². The Hall–Kier alpha value is -1.53. The van der Waals surface area contributed by atoms with Crippen LogP contribution in [0.15, 0.2) is 16.6 Å². The Kier molecular flexibility index (Phi) is 3.43. The molecule has 2 aromatic rings. The van der Waals surface area contributed by atoms with Gasteiger partial charge in [-0.2, -0.15) is 0 Å². The molecule has 2 N–H and O–H groups in total. The van der Waals surface area contributed by atoms with Gasteiger partial charge in [0.25, 0.3) is 0 Å². The van der Waals surface area contributed by atoms with Crippen LogP contribution in [0.3, 0.4) is 0 Å². The second-order valence-corrected chi connectivity index (χ2v) is 5.56. The lowest BCUT2D eigenvalue weighted by Crippen LogP contribution is -2.26. The summed E-state index contributed by atoms with van der Waals surface area (Å²) >= 11 is 3.49. The Balaban J connectivity index is 2.32. The molecular formula is C14H15BrN2O3. The summed E-state index contributed by atoms with van der Waals surface area (Å²) in [5, 5.41) is 13.8. The van der Waals surface area contributed by atoms with Crippen molar-refractivity contribution in [3.63, 3.8) is 0 Å². The lowest BCUT2D eigenvalue weighted by Gasteiger charge is -2.14. The van der Waals surface area contributed by atoms with Crippen LogP contribution in [0.2, 0.25) is 0 Å². The van der Waals surface area contributed by atoms with Crippen molar-refractivity contribution in [2.75, 3.05) is 13.2 Å². The van der Waals surface area contributed by atoms with Gasteiger partial charge in [0.05, 0.1) is 16.6 Å². The second kappa shape index (κ2) is 5.10. The highest BCUT2D eigenvalue weighted by atomic mass is 79.9. The van der Waals surface area contributed by atoms with Crippen LogP contribution >= 0.6 is 15.9 Å². The first-order valence-corrected chi connectivity index (χ1v) is 7.35. The fourth-order valence-electron chi connectivity index (χ4n) is 2.77. The largest absolute Gasteiger partial charge is 0.493 e. The first-order valence-electron chi connectivity index (χ1n) is 6.56. The van der Waals surface area contributed by atoms with E-state index in [0.717, 1.165) is 34.1 Å². The summed E-state index contributed by atoms with van der Waals surface area (Å²) in [7, 11) is 0. The Morgan fingerprint density at radius 3 is 3.05 bits per heavy atom. The summed E-state index contributed by atoms with van der Waals surface area (Å²) in [6.07, 6.45) is -0.222. The topological polar surface area (TPSA) is 63.5 Å². The average molecular weight is 339 g/mol. The lowest BCUT2D eigenvalue weighted by atomic mass is 10.1. The second-order valence-electron chi connectivity index (χ2n) is 4.70. The normalized spacial score (nSPS) is 14.3. The number of nitrogens with zero attached hydrogens (tertiary/aromatic N) is 1. The highest BCUT2D eigenvalue weighted by molar-refractivity contribution is 9.10. The molecular weight excluding hydrogens is 324 g/mol. The number of halogens is 1. The molecule has 20 heavy (non-hydrogen) atoms. The van der Waals surface area contributed by atoms with E-state index in [1.807, 2.05) is 13.0 Å². The molecule has 6 heteroatoms. The van der Waals surface area contributed by atoms with Crippen molar-refractivity contribution in [2.45, 2.75) is 19.9 Å². The zero-order chi connectivity index (χ0) is 14.3. The Morgan fingerprint density at radius 2 is 2.35 bits per heavy atom. The van der Waals surface area contributed by atoms with E-state index in [0.29, 0.717) is 24.4 Å². The van der Waals surface area contributed by atoms with Gasteiger partial charge in [-0.05, 0) is 34.5 Å². The molecule has 106 valence electrons. The number of rotatable bonds is 2. The maximum atomic E-state index is 11.6. The molecule has 0 aliphatic carbocycles. The standard InChI is InChI=1S/C14H15BrN2O3/c1-2-20-13-6-12-8(5-10(13)15)9-7-16-4-3-11(9)17(12)14(18)19/h5-6,16H,2-4,7H2,1H3,(H,18,19). The molecule has 0 atom stereocenters. The zero-order valence-electron chi connectivity index (χ0n) is 11.1. The number of carbonyl (C=O) groups is 1. The summed E-state index contributed by atoms with van der Waals surface area (Å²) in [5.74, 6) is 0.672. The van der Waals surface area contributed by atoms with Crippen molar-refractivity contribution in [1.82, 2.24) is 9.88 Å². The van der Waals surface area contributed by atoms with Crippen LogP contribution in [-0.2, 0) is 13.0 Å². The fraction of sp³-hybridized carbons (Fsp3) is 0.357. The van der Waals surface area contributed by atoms with E-state index in [-0.39, 0.29) is 0 Å². The molecule has 0 amide bonds. The van der Waals surface area contributed by atoms with Crippen LogP contribution in [0.4, 0.5) is 4.79 Å². The van der Waals surface area contributed by atoms with Crippen molar-refractivity contribution >= 4 is 32.9 Å². The molecule has 0 radical (unpaired) electrons. The zero-order valence-corrected chi connectivity index (χ0v) is 12.7. The van der Waals surface area contributed by atoms with Crippen molar-refractivity contribution in [3.8, 4) is 5.75 Å². The molecule has 0 unspecified atom stereocenters. The maximum absolute atomic E-state index is 11.6. The van der Waals surface area contributed by atoms with E-state index in [1.165, 1.54) is 4.57 Å². The molecule has 1 aromatic heterocycles. The minimum atomic E-state index is -0.942. The third-order valence-corrected chi connectivity index (χ3v) is 4.19. The van der Waals surface area contributed by atoms with Gasteiger partial charge in [0.15, 0.2) is 0 Å². The van der Waals surface area contributed by atoms with Gasteiger partial charge in [0.1, 0.15) is 5.75 Å². The summed E-state index contributed by atoms with van der Waals surface area (Å²) in [6.45, 7) is 3.95. The predicted octanol–water partition coefficient (Wildman–Crippen LogP) is 2.97. The number of benzene rings is 1. The predicted molar refractivity (Wildman–Crippen MR) is 79.6 cm³/mol. The first kappa shape index (κ1) is 13.5. The van der Waals surface area contributed by atoms with Crippen LogP contribution < -0.4 is 10.1 Å². The fourth-order valence-corrected chi connectivity index (χ4v) is 3.23. The van der Waals surface area contributed by atoms with Crippen LogP contribution in [0, 0.1) is 0 Å². The van der Waals surface area contributed by atoms with Gasteiger partial charge in [-0.3, -0.25) is 0 Å². The van der Waals surface area contributed by atoms with Gasteiger partial charge in [0.2, 0.25) is 0 Å². The van der Waals surface area contributed by atoms with Crippen LogP contribution in [0.1, 0.15) is 18.2 Å². The van der Waals surface area contributed by atoms with Crippen molar-refractivity contribution in [1.29, 1.82) is 0 Å². The van der Waals surface area contributed by atoms with E-state index < -0.39 is 6.09 Å². The number of hydrogen-bond donors (Lipinski definition) is 2. The molecule has 0 spiro atoms. The van der Waals surface area contributed by atoms with E-state index in [9.17, 15) is 9.90 Å². The quantitative estimate of drug-likeness (QED) is 0.883. The molecule has 5 nitrogen and oxygen atoms in total. The number of carboxylic acid groups (broad SMARTS) is 1. The van der Waals surface area contributed by atoms with Gasteiger partial charge in [0, 0.05) is 36.7 Å². The molecule has 0 bridgehead atoms. The maximum Gasteiger partial charge on any atom is 0.416 e. The lowest BCUT2D eigenvalue weighted by molar-refractivity contribution is 0.196. The summed E-state index contributed by atoms with van der Waals surface area (Å²) in [4.78, 5) is 11.6. The molecule has 1 aliphatic rings. The number of hydrogen-bond acceptors (Lipinski definition) is 3. The van der Waals surface area contributed by atoms with Crippen LogP contribution in [0.5, 0.6) is 5.75 Å². The summed E-state index contributed by atoms with van der Waals surface area (Å²) in [6, 6.07) is 3.75. The summed E-state index contributed by atoms with van der Waals surface area (Å²) in [5.41, 5.74) is 2.64. The van der Waals surface area contributed by atoms with Gasteiger partial charge >= 0.3 is 6.09 Å². The number of nitrogens with one attached hydrogen (secondary N) is 1. The SMILES string of the molecule is CCOc1cc2c(cc1Br)c1c(n2C(=O)O)CCNC1. The number of aromatic nitrogens is 1. The van der Waals surface area contributed by atoms with Crippen molar-refractivity contribution in [2.24, 2.45) is 0 Å². The van der Waals surface area contributed by atoms with Gasteiger partial charge in [-0.25, -0.2) is 9.36 Å². The van der Waals surface area contributed by atoms with Gasteiger partial charge < -0.3 is 15.2 Å². The first-order chi connectivity index (χ1) is 9.63. The van der Waals surface area contributed by atoms with Crippen LogP contribution in [0.25, 0.3) is 10.9 Å². The smallest absolute Gasteiger partial charge is 0.416 e. The molecule has 3 rings (SSSR count). The molecule has 1 aromatic carbocycles. The van der Waals surface area contributed by atoms with Crippen LogP contribution in [-0.4, -0.2) is 28.9 Å². The molecule has 0 saturated heterocycles. The Morgan fingerprint density at radius 1 is 1.55 bits per heavy atom. The molecule has 1 aliphatic heterocycles. The minimum absolute atomic E-state index is 0.541. The minimum Gasteiger partial charge on any atom is -0.493 e. The highest BCUT2D eigenvalue weighted by Gasteiger charge is 2.24. The molecule has 2 heterocycles. The van der Waals surface area contributed by atoms with Gasteiger partial charge in [-0.1, -0.05) is 0 Å². The van der Waals surface area contributed by atoms with E-state index in [1.54, 1.807) is 6.07 Å². The Labute approximate surface area is 124 Å².